The summed E-state index contributed by atoms with van der Waals surface area (Å²) in [7, 11) is 0. The highest BCUT2D eigenvalue weighted by molar-refractivity contribution is 6.48. The largest absolute Gasteiger partial charge is 0.457 e. The van der Waals surface area contributed by atoms with Gasteiger partial charge in [0.2, 0.25) is 0 Å². The topological polar surface area (TPSA) is 32.0 Å². The number of nitrogens with zero attached hydrogens (tertiary/aromatic N) is 1. The van der Waals surface area contributed by atoms with Gasteiger partial charge in [-0.15, -0.1) is 0 Å². The van der Waals surface area contributed by atoms with E-state index in [0.717, 1.165) is 28.2 Å². The fourth-order valence-electron chi connectivity index (χ4n) is 2.90. The Morgan fingerprint density at radius 2 is 1.24 bits per heavy atom. The third-order valence-electron chi connectivity index (χ3n) is 4.98. The van der Waals surface area contributed by atoms with Crippen LogP contribution in [0, 0.1) is 26.2 Å². The molecule has 3 aromatic carbocycles. The molecule has 0 saturated heterocycles. The van der Waals surface area contributed by atoms with Gasteiger partial charge < -0.3 is 14.0 Å². The van der Waals surface area contributed by atoms with Gasteiger partial charge in [0.05, 0.1) is 19.8 Å². The van der Waals surface area contributed by atoms with Gasteiger partial charge in [0, 0.05) is 0 Å². The highest BCUT2D eigenvalue weighted by atomic mass is 19.1. The van der Waals surface area contributed by atoms with Crippen molar-refractivity contribution in [2.75, 3.05) is 0 Å². The van der Waals surface area contributed by atoms with Crippen LogP contribution in [0.25, 0.3) is 4.85 Å². The van der Waals surface area contributed by atoms with Gasteiger partial charge in [-0.3, -0.25) is 0 Å². The first-order valence-electron chi connectivity index (χ1n) is 11.4. The molecule has 0 aliphatic carbocycles. The van der Waals surface area contributed by atoms with Crippen LogP contribution in [0.3, 0.4) is 0 Å². The van der Waals surface area contributed by atoms with Gasteiger partial charge in [-0.2, -0.15) is 0 Å². The third kappa shape index (κ3) is 9.43. The maximum absolute atomic E-state index is 12.8. The Morgan fingerprint density at radius 3 is 1.76 bits per heavy atom. The number of rotatable bonds is 8. The van der Waals surface area contributed by atoms with Crippen molar-refractivity contribution in [3.8, 4) is 11.5 Å². The summed E-state index contributed by atoms with van der Waals surface area (Å²) in [5.74, 6) is 1.30. The van der Waals surface area contributed by atoms with E-state index in [9.17, 15) is 4.39 Å². The number of hydrogen-bond acceptors (Lipinski definition) is 3. The lowest BCUT2D eigenvalue weighted by atomic mass is 9.75. The van der Waals surface area contributed by atoms with Crippen molar-refractivity contribution in [2.45, 2.75) is 54.4 Å². The second kappa shape index (κ2) is 13.6. The Bertz CT molecular complexity index is 1100. The molecule has 0 heterocycles. The molecule has 0 radical (unpaired) electrons. The average Bonchev–Trinajstić information content (AvgIpc) is 2.80. The van der Waals surface area contributed by atoms with Gasteiger partial charge in [0.25, 0.3) is 13.8 Å². The van der Waals surface area contributed by atoms with Crippen molar-refractivity contribution in [1.82, 2.24) is 0 Å². The quantitative estimate of drug-likeness (QED) is 0.253. The standard InChI is InChI=1S/C17H18BNO2.C10H14BFO/c1-13-5-8-17(11-14(13)12-20-18(2)3)21-16-9-6-15(19-4)7-10-16;1-8-4-5-10(12)6-9(8)7-13-11(2)3/h5-11H,12H2,1-3H3;4-6H,7H2,1-3H3. The molecule has 34 heavy (non-hydrogen) atoms. The number of ether oxygens (including phenoxy) is 1. The number of aryl methyl sites for hydroxylation is 2. The normalized spacial score (nSPS) is 10.1. The monoisotopic (exact) mass is 459 g/mol. The van der Waals surface area contributed by atoms with Crippen LogP contribution < -0.4 is 4.74 Å². The lowest BCUT2D eigenvalue weighted by molar-refractivity contribution is 0.313. The van der Waals surface area contributed by atoms with Crippen molar-refractivity contribution >= 4 is 19.5 Å². The molecule has 0 atom stereocenters. The van der Waals surface area contributed by atoms with Crippen LogP contribution in [0.2, 0.25) is 27.3 Å². The van der Waals surface area contributed by atoms with Crippen LogP contribution in [0.15, 0.2) is 60.7 Å². The third-order valence-corrected chi connectivity index (χ3v) is 4.98. The molecule has 0 aliphatic heterocycles. The predicted octanol–water partition coefficient (Wildman–Crippen LogP) is 8.01. The molecule has 0 fully saturated rings. The van der Waals surface area contributed by atoms with Crippen LogP contribution in [0.4, 0.5) is 10.1 Å². The Morgan fingerprint density at radius 1 is 0.735 bits per heavy atom. The van der Waals surface area contributed by atoms with Crippen LogP contribution in [0.5, 0.6) is 11.5 Å². The fourth-order valence-corrected chi connectivity index (χ4v) is 2.90. The summed E-state index contributed by atoms with van der Waals surface area (Å²) in [6.07, 6.45) is 0. The van der Waals surface area contributed by atoms with E-state index in [4.69, 9.17) is 20.6 Å². The summed E-state index contributed by atoms with van der Waals surface area (Å²) >= 11 is 0. The maximum atomic E-state index is 12.8. The number of benzene rings is 3. The summed E-state index contributed by atoms with van der Waals surface area (Å²) in [5.41, 5.74) is 4.92. The van der Waals surface area contributed by atoms with Crippen molar-refractivity contribution in [3.05, 3.63) is 100 Å². The van der Waals surface area contributed by atoms with Gasteiger partial charge in [-0.25, -0.2) is 9.24 Å². The Balaban J connectivity index is 0.000000270. The lowest BCUT2D eigenvalue weighted by Gasteiger charge is -2.12. The van der Waals surface area contributed by atoms with E-state index in [0.29, 0.717) is 18.9 Å². The Kier molecular flexibility index (Phi) is 10.9. The second-order valence-corrected chi connectivity index (χ2v) is 8.59. The molecule has 0 N–H and O–H groups in total. The van der Waals surface area contributed by atoms with E-state index < -0.39 is 0 Å². The molecule has 176 valence electrons. The maximum Gasteiger partial charge on any atom is 0.287 e. The fraction of sp³-hybridized carbons (Fsp3) is 0.296. The van der Waals surface area contributed by atoms with Crippen molar-refractivity contribution in [3.63, 3.8) is 0 Å². The first-order valence-corrected chi connectivity index (χ1v) is 11.4. The zero-order valence-electron chi connectivity index (χ0n) is 20.9. The van der Waals surface area contributed by atoms with Crippen LogP contribution in [-0.2, 0) is 22.5 Å². The molecule has 0 aliphatic rings. The SMILES string of the molecule is CB(C)OCc1cc(F)ccc1C.[C-]#[N+]c1ccc(Oc2ccc(C)c(COB(C)C)c2)cc1. The smallest absolute Gasteiger partial charge is 0.287 e. The summed E-state index contributed by atoms with van der Waals surface area (Å²) < 4.78 is 29.7. The Hall–Kier alpha value is -3.07. The van der Waals surface area contributed by atoms with E-state index in [1.165, 1.54) is 17.7 Å². The molecular formula is C27H32B2FNO3. The predicted molar refractivity (Wildman–Crippen MR) is 140 cm³/mol. The summed E-state index contributed by atoms with van der Waals surface area (Å²) in [6.45, 7) is 20.4. The van der Waals surface area contributed by atoms with Crippen LogP contribution in [-0.4, -0.2) is 13.8 Å². The molecular weight excluding hydrogens is 427 g/mol. The van der Waals surface area contributed by atoms with E-state index in [-0.39, 0.29) is 19.6 Å². The first kappa shape index (κ1) is 27.2. The molecule has 0 amide bonds. The summed E-state index contributed by atoms with van der Waals surface area (Å²) in [6, 6.07) is 17.8. The van der Waals surface area contributed by atoms with Gasteiger partial charge >= 0.3 is 0 Å². The van der Waals surface area contributed by atoms with Gasteiger partial charge in [0.1, 0.15) is 17.3 Å². The minimum atomic E-state index is -0.201. The molecule has 0 bridgehead atoms. The first-order chi connectivity index (χ1) is 16.2. The highest BCUT2D eigenvalue weighted by Gasteiger charge is 2.06. The summed E-state index contributed by atoms with van der Waals surface area (Å²) in [5, 5.41) is 0. The summed E-state index contributed by atoms with van der Waals surface area (Å²) in [4.78, 5) is 3.36. The molecule has 0 spiro atoms. The number of hydrogen-bond donors (Lipinski definition) is 0. The van der Waals surface area contributed by atoms with Crippen molar-refractivity contribution in [2.24, 2.45) is 0 Å². The second-order valence-electron chi connectivity index (χ2n) is 8.59. The van der Waals surface area contributed by atoms with E-state index >= 15 is 0 Å². The molecule has 3 aromatic rings. The van der Waals surface area contributed by atoms with E-state index in [1.807, 2.05) is 52.4 Å². The van der Waals surface area contributed by atoms with Crippen LogP contribution >= 0.6 is 0 Å². The van der Waals surface area contributed by atoms with Gasteiger partial charge in [0.15, 0.2) is 5.69 Å². The molecule has 0 unspecified atom stereocenters. The molecule has 7 heteroatoms. The highest BCUT2D eigenvalue weighted by Crippen LogP contribution is 2.26. The molecule has 0 aromatic heterocycles. The molecule has 4 nitrogen and oxygen atoms in total. The van der Waals surface area contributed by atoms with Crippen molar-refractivity contribution in [1.29, 1.82) is 0 Å². The lowest BCUT2D eigenvalue weighted by Crippen LogP contribution is -2.08. The zero-order chi connectivity index (χ0) is 25.1. The molecule has 3 rings (SSSR count). The van der Waals surface area contributed by atoms with Crippen molar-refractivity contribution < 1.29 is 18.4 Å². The minimum Gasteiger partial charge on any atom is -0.457 e. The van der Waals surface area contributed by atoms with Gasteiger partial charge in [-0.05, 0) is 72.5 Å². The van der Waals surface area contributed by atoms with E-state index in [1.54, 1.807) is 30.3 Å². The average molecular weight is 459 g/mol. The van der Waals surface area contributed by atoms with Crippen LogP contribution in [0.1, 0.15) is 22.3 Å². The van der Waals surface area contributed by atoms with Gasteiger partial charge in [-0.1, -0.05) is 51.6 Å². The molecule has 0 saturated carbocycles. The zero-order valence-corrected chi connectivity index (χ0v) is 20.9. The van der Waals surface area contributed by atoms with E-state index in [2.05, 4.69) is 11.8 Å². The minimum absolute atomic E-state index is 0.183. The Labute approximate surface area is 204 Å². The number of halogens is 1.